The Labute approximate surface area is 157 Å². The molecule has 4 aromatic rings. The minimum absolute atomic E-state index is 0.0337. The number of ether oxygens (including phenoxy) is 1. The largest absolute Gasteiger partial charge is 0.484 e. The van der Waals surface area contributed by atoms with E-state index in [1.165, 1.54) is 0 Å². The molecule has 1 N–H and O–H groups in total. The van der Waals surface area contributed by atoms with Gasteiger partial charge >= 0.3 is 0 Å². The minimum atomic E-state index is -0.185. The third-order valence-corrected chi connectivity index (χ3v) is 4.29. The van der Waals surface area contributed by atoms with Crippen molar-refractivity contribution in [2.75, 3.05) is 6.61 Å². The molecule has 0 bridgehead atoms. The number of nitrogens with zero attached hydrogens (tertiary/aromatic N) is 2. The fourth-order valence-electron chi connectivity index (χ4n) is 2.88. The highest BCUT2D eigenvalue weighted by Crippen LogP contribution is 2.21. The maximum atomic E-state index is 12.1. The van der Waals surface area contributed by atoms with Crippen molar-refractivity contribution in [3.63, 3.8) is 0 Å². The van der Waals surface area contributed by atoms with Crippen LogP contribution in [-0.4, -0.2) is 21.9 Å². The Balaban J connectivity index is 1.30. The van der Waals surface area contributed by atoms with Crippen molar-refractivity contribution >= 4 is 11.4 Å². The summed E-state index contributed by atoms with van der Waals surface area (Å²) in [5.74, 6) is 1.26. The molecule has 0 fully saturated rings. The Morgan fingerprint density at radius 3 is 2.48 bits per heavy atom. The number of hydrogen-bond donors (Lipinski definition) is 1. The summed E-state index contributed by atoms with van der Waals surface area (Å²) in [6, 6.07) is 23.7. The van der Waals surface area contributed by atoms with Gasteiger partial charge in [-0.25, -0.2) is 4.98 Å². The second kappa shape index (κ2) is 7.74. The Kier molecular flexibility index (Phi) is 4.83. The van der Waals surface area contributed by atoms with Gasteiger partial charge in [0.1, 0.15) is 11.6 Å². The second-order valence-electron chi connectivity index (χ2n) is 6.13. The number of fused-ring (bicyclic) bond motifs is 1. The topological polar surface area (TPSA) is 55.6 Å². The molecule has 2 aromatic carbocycles. The van der Waals surface area contributed by atoms with Gasteiger partial charge in [-0.05, 0) is 35.4 Å². The van der Waals surface area contributed by atoms with Crippen LogP contribution in [0, 0.1) is 0 Å². The molecule has 5 nitrogen and oxygen atoms in total. The minimum Gasteiger partial charge on any atom is -0.484 e. The average Bonchev–Trinajstić information content (AvgIpc) is 3.15. The second-order valence-corrected chi connectivity index (χ2v) is 6.13. The SMILES string of the molecule is O=C(COc1ccc(-c2ccccc2)cc1)NCc1ncc2ccccn12. The number of nitrogens with one attached hydrogen (secondary N) is 1. The fraction of sp³-hybridized carbons (Fsp3) is 0.0909. The molecule has 2 heterocycles. The average molecular weight is 357 g/mol. The first-order valence-electron chi connectivity index (χ1n) is 8.75. The number of imidazole rings is 1. The van der Waals surface area contributed by atoms with Crippen molar-refractivity contribution in [2.45, 2.75) is 6.54 Å². The van der Waals surface area contributed by atoms with Gasteiger partial charge in [0.05, 0.1) is 18.3 Å². The Morgan fingerprint density at radius 1 is 0.926 bits per heavy atom. The number of aromatic nitrogens is 2. The molecule has 134 valence electrons. The van der Waals surface area contributed by atoms with E-state index in [1.54, 1.807) is 6.20 Å². The summed E-state index contributed by atoms with van der Waals surface area (Å²) in [5, 5.41) is 2.84. The summed E-state index contributed by atoms with van der Waals surface area (Å²) in [4.78, 5) is 16.4. The zero-order chi connectivity index (χ0) is 18.5. The molecular formula is C22H19N3O2. The van der Waals surface area contributed by atoms with Crippen LogP contribution in [0.3, 0.4) is 0 Å². The lowest BCUT2D eigenvalue weighted by atomic mass is 10.1. The number of pyridine rings is 1. The van der Waals surface area contributed by atoms with E-state index in [1.807, 2.05) is 71.3 Å². The monoisotopic (exact) mass is 357 g/mol. The van der Waals surface area contributed by atoms with Gasteiger partial charge in [0, 0.05) is 6.20 Å². The molecule has 0 radical (unpaired) electrons. The smallest absolute Gasteiger partial charge is 0.258 e. The quantitative estimate of drug-likeness (QED) is 0.572. The van der Waals surface area contributed by atoms with Gasteiger partial charge in [0.2, 0.25) is 0 Å². The van der Waals surface area contributed by atoms with Crippen LogP contribution < -0.4 is 10.1 Å². The molecule has 2 aromatic heterocycles. The van der Waals surface area contributed by atoms with Crippen LogP contribution in [0.5, 0.6) is 5.75 Å². The lowest BCUT2D eigenvalue weighted by Crippen LogP contribution is -2.29. The van der Waals surface area contributed by atoms with Gasteiger partial charge in [0.15, 0.2) is 6.61 Å². The number of carbonyl (C=O) groups excluding carboxylic acids is 1. The predicted molar refractivity (Wildman–Crippen MR) is 104 cm³/mol. The van der Waals surface area contributed by atoms with E-state index in [-0.39, 0.29) is 12.5 Å². The lowest BCUT2D eigenvalue weighted by Gasteiger charge is -2.08. The number of benzene rings is 2. The van der Waals surface area contributed by atoms with Crippen LogP contribution in [0.4, 0.5) is 0 Å². The van der Waals surface area contributed by atoms with E-state index in [0.717, 1.165) is 22.5 Å². The lowest BCUT2D eigenvalue weighted by molar-refractivity contribution is -0.123. The number of hydrogen-bond acceptors (Lipinski definition) is 3. The molecule has 0 spiro atoms. The summed E-state index contributed by atoms with van der Waals surface area (Å²) < 4.78 is 7.52. The van der Waals surface area contributed by atoms with Gasteiger partial charge in [-0.2, -0.15) is 0 Å². The third-order valence-electron chi connectivity index (χ3n) is 4.29. The van der Waals surface area contributed by atoms with E-state index in [4.69, 9.17) is 4.74 Å². The highest BCUT2D eigenvalue weighted by Gasteiger charge is 2.07. The molecule has 27 heavy (non-hydrogen) atoms. The highest BCUT2D eigenvalue weighted by molar-refractivity contribution is 5.77. The third kappa shape index (κ3) is 3.98. The summed E-state index contributed by atoms with van der Waals surface area (Å²) in [6.45, 7) is 0.321. The molecule has 0 aliphatic heterocycles. The van der Waals surface area contributed by atoms with Gasteiger partial charge in [-0.3, -0.25) is 4.79 Å². The maximum absolute atomic E-state index is 12.1. The summed E-state index contributed by atoms with van der Waals surface area (Å²) >= 11 is 0. The highest BCUT2D eigenvalue weighted by atomic mass is 16.5. The number of rotatable bonds is 6. The van der Waals surface area contributed by atoms with Crippen LogP contribution in [0.15, 0.2) is 85.2 Å². The van der Waals surface area contributed by atoms with Crippen LogP contribution >= 0.6 is 0 Å². The molecule has 0 aliphatic carbocycles. The molecule has 0 saturated heterocycles. The van der Waals surface area contributed by atoms with E-state index < -0.39 is 0 Å². The van der Waals surface area contributed by atoms with Crippen molar-refractivity contribution < 1.29 is 9.53 Å². The first-order chi connectivity index (χ1) is 13.3. The molecule has 0 unspecified atom stereocenters. The predicted octanol–water partition coefficient (Wildman–Crippen LogP) is 3.70. The van der Waals surface area contributed by atoms with Crippen LogP contribution in [0.2, 0.25) is 0 Å². The van der Waals surface area contributed by atoms with E-state index in [2.05, 4.69) is 22.4 Å². The molecule has 0 atom stereocenters. The van der Waals surface area contributed by atoms with Crippen molar-refractivity contribution in [2.24, 2.45) is 0 Å². The van der Waals surface area contributed by atoms with Gasteiger partial charge < -0.3 is 14.5 Å². The van der Waals surface area contributed by atoms with Crippen LogP contribution in [0.25, 0.3) is 16.6 Å². The standard InChI is InChI=1S/C22H19N3O2/c26-22(24-15-21-23-14-19-8-4-5-13-25(19)21)16-27-20-11-9-18(10-12-20)17-6-2-1-3-7-17/h1-14H,15-16H2,(H,24,26). The zero-order valence-corrected chi connectivity index (χ0v) is 14.7. The Hall–Kier alpha value is -3.60. The summed E-state index contributed by atoms with van der Waals surface area (Å²) in [7, 11) is 0. The zero-order valence-electron chi connectivity index (χ0n) is 14.7. The first kappa shape index (κ1) is 16.8. The molecule has 1 amide bonds. The van der Waals surface area contributed by atoms with Gasteiger partial charge in [0.25, 0.3) is 5.91 Å². The van der Waals surface area contributed by atoms with Gasteiger partial charge in [-0.15, -0.1) is 0 Å². The maximum Gasteiger partial charge on any atom is 0.258 e. The molecule has 0 aliphatic rings. The van der Waals surface area contributed by atoms with Gasteiger partial charge in [-0.1, -0.05) is 48.5 Å². The van der Waals surface area contributed by atoms with Crippen molar-refractivity contribution in [3.05, 3.63) is 91.0 Å². The van der Waals surface area contributed by atoms with E-state index in [9.17, 15) is 4.79 Å². The van der Waals surface area contributed by atoms with Crippen molar-refractivity contribution in [1.29, 1.82) is 0 Å². The molecular weight excluding hydrogens is 338 g/mol. The summed E-state index contributed by atoms with van der Waals surface area (Å²) in [5.41, 5.74) is 3.25. The van der Waals surface area contributed by atoms with E-state index >= 15 is 0 Å². The summed E-state index contributed by atoms with van der Waals surface area (Å²) in [6.07, 6.45) is 3.71. The Bertz CT molecular complexity index is 1040. The normalized spacial score (nSPS) is 10.7. The first-order valence-corrected chi connectivity index (χ1v) is 8.75. The Morgan fingerprint density at radius 2 is 1.67 bits per heavy atom. The van der Waals surface area contributed by atoms with E-state index in [0.29, 0.717) is 12.3 Å². The molecule has 5 heteroatoms. The number of amides is 1. The van der Waals surface area contributed by atoms with Crippen molar-refractivity contribution in [3.8, 4) is 16.9 Å². The van der Waals surface area contributed by atoms with Crippen molar-refractivity contribution in [1.82, 2.24) is 14.7 Å². The fourth-order valence-corrected chi connectivity index (χ4v) is 2.88. The van der Waals surface area contributed by atoms with Crippen LogP contribution in [0.1, 0.15) is 5.82 Å². The van der Waals surface area contributed by atoms with Crippen LogP contribution in [-0.2, 0) is 11.3 Å². The number of carbonyl (C=O) groups is 1. The molecule has 0 saturated carbocycles. The molecule has 4 rings (SSSR count).